The largest absolute Gasteiger partial charge is 0.481 e. The van der Waals surface area contributed by atoms with Crippen LogP contribution in [-0.2, 0) is 28.8 Å². The summed E-state index contributed by atoms with van der Waals surface area (Å²) in [6.07, 6.45) is 5.96. The molecule has 0 aromatic carbocycles. The van der Waals surface area contributed by atoms with Crippen molar-refractivity contribution in [2.24, 2.45) is 10.8 Å². The molecule has 1 heterocycles. The number of carbonyl (C=O) groups excluding carboxylic acids is 4. The van der Waals surface area contributed by atoms with Gasteiger partial charge in [0.05, 0.1) is 5.56 Å². The van der Waals surface area contributed by atoms with Crippen LogP contribution < -0.4 is 16.0 Å². The molecule has 2 unspecified atom stereocenters. The molecule has 1 rings (SSSR count). The lowest BCUT2D eigenvalue weighted by atomic mass is 9.78. The fraction of sp³-hybridized carbons (Fsp3) is 0.605. The van der Waals surface area contributed by atoms with E-state index in [2.05, 4.69) is 27.5 Å². The Balaban J connectivity index is 2.59. The maximum Gasteiger partial charge on any atom is 0.326 e. The first-order chi connectivity index (χ1) is 26.0. The molecule has 56 heavy (non-hydrogen) atoms. The Kier molecular flexibility index (Phi) is 19.7. The van der Waals surface area contributed by atoms with Crippen LogP contribution in [0.1, 0.15) is 108 Å². The van der Waals surface area contributed by atoms with Crippen molar-refractivity contribution in [2.45, 2.75) is 110 Å². The van der Waals surface area contributed by atoms with Crippen LogP contribution in [0.25, 0.3) is 6.08 Å². The molecular weight excluding hydrogens is 732 g/mol. The minimum absolute atomic E-state index is 0.00195. The zero-order valence-electron chi connectivity index (χ0n) is 33.1. The molecule has 0 spiro atoms. The van der Waals surface area contributed by atoms with Crippen molar-refractivity contribution in [3.8, 4) is 0 Å². The maximum absolute atomic E-state index is 13.2. The van der Waals surface area contributed by atoms with Crippen molar-refractivity contribution in [1.82, 2.24) is 30.7 Å². The first-order valence-corrected chi connectivity index (χ1v) is 18.4. The highest BCUT2D eigenvalue weighted by Crippen LogP contribution is 2.31. The molecular formula is C38H58N6O12. The number of pyridine rings is 1. The first-order valence-electron chi connectivity index (χ1n) is 18.4. The third-order valence-electron chi connectivity index (χ3n) is 9.60. The lowest BCUT2D eigenvalue weighted by Crippen LogP contribution is -2.52. The second kappa shape index (κ2) is 22.7. The topological polar surface area (TPSA) is 273 Å². The average Bonchev–Trinajstić information content (AvgIpc) is 3.13. The molecule has 3 atom stereocenters. The first kappa shape index (κ1) is 48.5. The van der Waals surface area contributed by atoms with Gasteiger partial charge in [-0.3, -0.25) is 24.2 Å². The van der Waals surface area contributed by atoms with Gasteiger partial charge in [-0.1, -0.05) is 40.3 Å². The molecule has 0 saturated carbocycles. The molecule has 0 fully saturated rings. The number of amides is 5. The van der Waals surface area contributed by atoms with Gasteiger partial charge in [0.1, 0.15) is 18.1 Å². The number of aliphatic carboxylic acids is 4. The standard InChI is InChI=1S/C38H58N6O12/c1-8-24-21-25(23-39-22-24)30(47)40-19-11-9-13-26(31(48)49)42-35(55)38(4,5)18-17-37(2,3)34(54)41-20-12-10-14-27(32(50)51)43(6)36(56)44(7)28(33(52)53)15-16-29(45)46/h8,21-23,26-28H,1,9-20H2,2-7H3,(H,40,47)(H,41,54)(H,42,55)(H,45,46)(H,48,49)(H,50,51)(H,52,53)/t26?,27-,28?/m0/s1. The van der Waals surface area contributed by atoms with Crippen LogP contribution in [0.3, 0.4) is 0 Å². The Morgan fingerprint density at radius 1 is 0.732 bits per heavy atom. The summed E-state index contributed by atoms with van der Waals surface area (Å²) in [5.74, 6) is -6.27. The summed E-state index contributed by atoms with van der Waals surface area (Å²) in [5.41, 5.74) is -0.857. The van der Waals surface area contributed by atoms with Gasteiger partial charge < -0.3 is 46.2 Å². The van der Waals surface area contributed by atoms with Crippen LogP contribution in [0.4, 0.5) is 4.79 Å². The van der Waals surface area contributed by atoms with Crippen molar-refractivity contribution in [3.05, 3.63) is 36.2 Å². The quantitative estimate of drug-likeness (QED) is 0.0666. The molecule has 312 valence electrons. The van der Waals surface area contributed by atoms with Crippen molar-refractivity contribution in [3.63, 3.8) is 0 Å². The summed E-state index contributed by atoms with van der Waals surface area (Å²) < 4.78 is 0. The van der Waals surface area contributed by atoms with Crippen LogP contribution in [0.5, 0.6) is 0 Å². The van der Waals surface area contributed by atoms with Gasteiger partial charge in [0.25, 0.3) is 5.91 Å². The number of carboxylic acids is 4. The molecule has 5 amide bonds. The molecule has 0 radical (unpaired) electrons. The summed E-state index contributed by atoms with van der Waals surface area (Å²) in [4.78, 5) is 104. The molecule has 0 saturated heterocycles. The minimum Gasteiger partial charge on any atom is -0.481 e. The highest BCUT2D eigenvalue weighted by Gasteiger charge is 2.36. The number of urea groups is 1. The van der Waals surface area contributed by atoms with Crippen LogP contribution in [-0.4, -0.2) is 128 Å². The van der Waals surface area contributed by atoms with Crippen molar-refractivity contribution < 1.29 is 58.8 Å². The van der Waals surface area contributed by atoms with Gasteiger partial charge >= 0.3 is 29.9 Å². The van der Waals surface area contributed by atoms with Crippen LogP contribution >= 0.6 is 0 Å². The number of aromatic nitrogens is 1. The fourth-order valence-electron chi connectivity index (χ4n) is 5.58. The monoisotopic (exact) mass is 790 g/mol. The van der Waals surface area contributed by atoms with E-state index in [-0.39, 0.29) is 56.9 Å². The second-order valence-corrected chi connectivity index (χ2v) is 15.0. The summed E-state index contributed by atoms with van der Waals surface area (Å²) in [6.45, 7) is 10.9. The lowest BCUT2D eigenvalue weighted by molar-refractivity contribution is -0.144. The predicted octanol–water partition coefficient (Wildman–Crippen LogP) is 3.07. The zero-order chi connectivity index (χ0) is 42.8. The number of rotatable bonds is 26. The van der Waals surface area contributed by atoms with E-state index >= 15 is 0 Å². The summed E-state index contributed by atoms with van der Waals surface area (Å²) in [5, 5.41) is 46.1. The Labute approximate surface area is 327 Å². The molecule has 1 aromatic rings. The van der Waals surface area contributed by atoms with Gasteiger partial charge in [-0.15, -0.1) is 0 Å². The van der Waals surface area contributed by atoms with E-state index in [9.17, 15) is 53.7 Å². The molecule has 0 aliphatic heterocycles. The molecule has 18 heteroatoms. The Hall–Kier alpha value is -5.55. The van der Waals surface area contributed by atoms with E-state index in [0.717, 1.165) is 16.8 Å². The minimum atomic E-state index is -1.47. The predicted molar refractivity (Wildman–Crippen MR) is 204 cm³/mol. The van der Waals surface area contributed by atoms with E-state index < -0.39 is 71.2 Å². The number of hydrogen-bond acceptors (Lipinski definition) is 9. The highest BCUT2D eigenvalue weighted by molar-refractivity contribution is 5.94. The number of likely N-dealkylation sites (N-methyl/N-ethyl adjacent to an activating group) is 2. The molecule has 7 N–H and O–H groups in total. The highest BCUT2D eigenvalue weighted by atomic mass is 16.4. The van der Waals surface area contributed by atoms with E-state index in [4.69, 9.17) is 5.11 Å². The van der Waals surface area contributed by atoms with Gasteiger partial charge in [0.2, 0.25) is 11.8 Å². The number of carbonyl (C=O) groups is 8. The van der Waals surface area contributed by atoms with Gasteiger partial charge in [0.15, 0.2) is 0 Å². The van der Waals surface area contributed by atoms with Crippen molar-refractivity contribution >= 4 is 53.7 Å². The Bertz CT molecular complexity index is 1580. The number of nitrogens with one attached hydrogen (secondary N) is 3. The zero-order valence-corrected chi connectivity index (χ0v) is 33.1. The van der Waals surface area contributed by atoms with E-state index in [1.165, 1.54) is 13.2 Å². The van der Waals surface area contributed by atoms with Gasteiger partial charge in [0, 0.05) is 56.8 Å². The smallest absolute Gasteiger partial charge is 0.326 e. The Morgan fingerprint density at radius 2 is 1.25 bits per heavy atom. The van der Waals surface area contributed by atoms with E-state index in [1.807, 2.05) is 0 Å². The van der Waals surface area contributed by atoms with Gasteiger partial charge in [-0.05, 0) is 69.4 Å². The maximum atomic E-state index is 13.2. The van der Waals surface area contributed by atoms with E-state index in [1.54, 1.807) is 46.0 Å². The number of unbranched alkanes of at least 4 members (excludes halogenated alkanes) is 2. The molecule has 0 aliphatic carbocycles. The van der Waals surface area contributed by atoms with Gasteiger partial charge in [-0.2, -0.15) is 0 Å². The summed E-state index contributed by atoms with van der Waals surface area (Å²) in [6, 6.07) is -3.17. The second-order valence-electron chi connectivity index (χ2n) is 15.0. The molecule has 18 nitrogen and oxygen atoms in total. The SMILES string of the molecule is C=Cc1cncc(C(=O)NCCCCC(NC(=O)C(C)(C)CCC(C)(C)C(=O)NCCCC[C@@H](C(=O)O)N(C)C(=O)N(C)C(CCC(=O)O)C(=O)O)C(=O)O)c1. The summed E-state index contributed by atoms with van der Waals surface area (Å²) >= 11 is 0. The van der Waals surface area contributed by atoms with Gasteiger partial charge in [-0.25, -0.2) is 19.2 Å². The number of carboxylic acid groups (broad SMARTS) is 4. The summed E-state index contributed by atoms with van der Waals surface area (Å²) in [7, 11) is 2.38. The van der Waals surface area contributed by atoms with Crippen molar-refractivity contribution in [2.75, 3.05) is 27.2 Å². The van der Waals surface area contributed by atoms with Crippen LogP contribution in [0, 0.1) is 10.8 Å². The fourth-order valence-corrected chi connectivity index (χ4v) is 5.58. The molecule has 0 aliphatic rings. The third kappa shape index (κ3) is 16.0. The average molecular weight is 791 g/mol. The molecule has 0 bridgehead atoms. The van der Waals surface area contributed by atoms with Crippen molar-refractivity contribution in [1.29, 1.82) is 0 Å². The number of hydrogen-bond donors (Lipinski definition) is 7. The molecule has 1 aromatic heterocycles. The van der Waals surface area contributed by atoms with Crippen LogP contribution in [0.2, 0.25) is 0 Å². The van der Waals surface area contributed by atoms with Crippen LogP contribution in [0.15, 0.2) is 25.0 Å². The number of nitrogens with zero attached hydrogens (tertiary/aromatic N) is 3. The third-order valence-corrected chi connectivity index (χ3v) is 9.60. The Morgan fingerprint density at radius 3 is 1.77 bits per heavy atom. The lowest BCUT2D eigenvalue weighted by Gasteiger charge is -2.32. The van der Waals surface area contributed by atoms with E-state index in [0.29, 0.717) is 36.9 Å². The normalized spacial score (nSPS) is 13.0.